The van der Waals surface area contributed by atoms with E-state index in [0.29, 0.717) is 5.78 Å². The van der Waals surface area contributed by atoms with Gasteiger partial charge in [0.05, 0.1) is 0 Å². The lowest BCUT2D eigenvalue weighted by molar-refractivity contribution is -0.125. The van der Waals surface area contributed by atoms with Crippen LogP contribution in [0.1, 0.15) is 38.2 Å². The fourth-order valence-corrected chi connectivity index (χ4v) is 2.37. The number of hydrogen-bond acceptors (Lipinski definition) is 1. The summed E-state index contributed by atoms with van der Waals surface area (Å²) in [6.45, 7) is 4.07. The smallest absolute Gasteiger partial charge is 0.145 e. The third-order valence-corrected chi connectivity index (χ3v) is 3.57. The first kappa shape index (κ1) is 10.7. The Morgan fingerprint density at radius 2 is 1.87 bits per heavy atom. The van der Waals surface area contributed by atoms with Gasteiger partial charge in [-0.15, -0.1) is 0 Å². The normalized spacial score (nSPS) is 24.5. The summed E-state index contributed by atoms with van der Waals surface area (Å²) in [4.78, 5) is 12.1. The molecule has 1 aromatic carbocycles. The van der Waals surface area contributed by atoms with Crippen LogP contribution in [0.3, 0.4) is 0 Å². The lowest BCUT2D eigenvalue weighted by Crippen LogP contribution is -2.20. The van der Waals surface area contributed by atoms with Crippen molar-refractivity contribution in [3.8, 4) is 0 Å². The summed E-state index contributed by atoms with van der Waals surface area (Å²) in [6, 6.07) is 7.64. The van der Waals surface area contributed by atoms with Crippen LogP contribution in [0.5, 0.6) is 0 Å². The monoisotopic (exact) mass is 222 g/mol. The highest BCUT2D eigenvalue weighted by atomic mass is 35.5. The summed E-state index contributed by atoms with van der Waals surface area (Å²) >= 11 is 5.83. The van der Waals surface area contributed by atoms with Crippen LogP contribution < -0.4 is 0 Å². The molecule has 2 heteroatoms. The maximum absolute atomic E-state index is 12.1. The minimum absolute atomic E-state index is 0.0808. The second-order valence-electron chi connectivity index (χ2n) is 4.89. The summed E-state index contributed by atoms with van der Waals surface area (Å²) in [6.07, 6.45) is 1.95. The van der Waals surface area contributed by atoms with Crippen LogP contribution in [-0.2, 0) is 4.79 Å². The van der Waals surface area contributed by atoms with Gasteiger partial charge >= 0.3 is 0 Å². The van der Waals surface area contributed by atoms with Crippen LogP contribution >= 0.6 is 11.6 Å². The summed E-state index contributed by atoms with van der Waals surface area (Å²) in [7, 11) is 0. The van der Waals surface area contributed by atoms with E-state index in [0.717, 1.165) is 23.4 Å². The first-order valence-electron chi connectivity index (χ1n) is 5.30. The van der Waals surface area contributed by atoms with Crippen molar-refractivity contribution in [3.05, 3.63) is 34.9 Å². The molecule has 0 spiro atoms. The Hall–Kier alpha value is -0.820. The van der Waals surface area contributed by atoms with Gasteiger partial charge in [0.25, 0.3) is 0 Å². The largest absolute Gasteiger partial charge is 0.298 e. The zero-order chi connectivity index (χ0) is 11.1. The predicted molar refractivity (Wildman–Crippen MR) is 62.2 cm³/mol. The molecule has 0 aromatic heterocycles. The number of Topliss-reactive ketones (excluding diaryl/α,β-unsaturated/α-hetero) is 1. The Labute approximate surface area is 95.4 Å². The van der Waals surface area contributed by atoms with Crippen LogP contribution in [0.2, 0.25) is 5.02 Å². The standard InChI is InChI=1S/C13H15ClO/c1-13(2)8-7-11(12(13)15)9-3-5-10(14)6-4-9/h3-6,11H,7-8H2,1-2H3. The first-order valence-corrected chi connectivity index (χ1v) is 5.68. The minimum atomic E-state index is -0.149. The zero-order valence-electron chi connectivity index (χ0n) is 9.09. The molecule has 80 valence electrons. The fourth-order valence-electron chi connectivity index (χ4n) is 2.24. The Morgan fingerprint density at radius 1 is 1.27 bits per heavy atom. The summed E-state index contributed by atoms with van der Waals surface area (Å²) in [5, 5.41) is 0.725. The van der Waals surface area contributed by atoms with Gasteiger partial charge in [-0.1, -0.05) is 37.6 Å². The topological polar surface area (TPSA) is 17.1 Å². The van der Waals surface area contributed by atoms with Crippen molar-refractivity contribution >= 4 is 17.4 Å². The molecule has 0 amide bonds. The van der Waals surface area contributed by atoms with Crippen molar-refractivity contribution in [2.75, 3.05) is 0 Å². The SMILES string of the molecule is CC1(C)CCC(c2ccc(Cl)cc2)C1=O. The third kappa shape index (κ3) is 1.93. The van der Waals surface area contributed by atoms with E-state index in [9.17, 15) is 4.79 Å². The van der Waals surface area contributed by atoms with Crippen LogP contribution in [0.15, 0.2) is 24.3 Å². The Morgan fingerprint density at radius 3 is 2.33 bits per heavy atom. The van der Waals surface area contributed by atoms with E-state index in [2.05, 4.69) is 0 Å². The molecule has 1 atom stereocenters. The third-order valence-electron chi connectivity index (χ3n) is 3.31. The average Bonchev–Trinajstić information content (AvgIpc) is 2.45. The van der Waals surface area contributed by atoms with Crippen molar-refractivity contribution in [1.29, 1.82) is 0 Å². The number of benzene rings is 1. The molecule has 0 N–H and O–H groups in total. The van der Waals surface area contributed by atoms with Gasteiger partial charge in [0.15, 0.2) is 0 Å². The first-order chi connectivity index (χ1) is 7.00. The van der Waals surface area contributed by atoms with E-state index in [1.165, 1.54) is 0 Å². The summed E-state index contributed by atoms with van der Waals surface area (Å²) < 4.78 is 0. The van der Waals surface area contributed by atoms with Gasteiger partial charge in [-0.05, 0) is 30.5 Å². The van der Waals surface area contributed by atoms with Crippen molar-refractivity contribution in [2.45, 2.75) is 32.6 Å². The predicted octanol–water partition coefficient (Wildman–Crippen LogP) is 3.81. The van der Waals surface area contributed by atoms with Gasteiger partial charge in [-0.3, -0.25) is 4.79 Å². The zero-order valence-corrected chi connectivity index (χ0v) is 9.84. The number of carbonyl (C=O) groups is 1. The van der Waals surface area contributed by atoms with Crippen LogP contribution in [0.4, 0.5) is 0 Å². The van der Waals surface area contributed by atoms with E-state index in [1.807, 2.05) is 38.1 Å². The van der Waals surface area contributed by atoms with E-state index in [1.54, 1.807) is 0 Å². The highest BCUT2D eigenvalue weighted by Gasteiger charge is 2.40. The minimum Gasteiger partial charge on any atom is -0.298 e. The molecule has 1 aromatic rings. The molecule has 2 rings (SSSR count). The Bertz CT molecular complexity index is 378. The second kappa shape index (κ2) is 3.64. The quantitative estimate of drug-likeness (QED) is 0.706. The molecular formula is C13H15ClO. The molecule has 0 bridgehead atoms. The van der Waals surface area contributed by atoms with Crippen LogP contribution in [-0.4, -0.2) is 5.78 Å². The second-order valence-corrected chi connectivity index (χ2v) is 5.33. The molecule has 0 aliphatic heterocycles. The van der Waals surface area contributed by atoms with Crippen LogP contribution in [0, 0.1) is 5.41 Å². The van der Waals surface area contributed by atoms with Gasteiger partial charge in [-0.25, -0.2) is 0 Å². The number of hydrogen-bond donors (Lipinski definition) is 0. The van der Waals surface area contributed by atoms with E-state index in [4.69, 9.17) is 11.6 Å². The maximum atomic E-state index is 12.1. The van der Waals surface area contributed by atoms with Gasteiger partial charge in [-0.2, -0.15) is 0 Å². The molecular weight excluding hydrogens is 208 g/mol. The van der Waals surface area contributed by atoms with Crippen molar-refractivity contribution in [3.63, 3.8) is 0 Å². The fraction of sp³-hybridized carbons (Fsp3) is 0.462. The maximum Gasteiger partial charge on any atom is 0.145 e. The van der Waals surface area contributed by atoms with Gasteiger partial charge in [0.1, 0.15) is 5.78 Å². The number of halogens is 1. The van der Waals surface area contributed by atoms with E-state index >= 15 is 0 Å². The van der Waals surface area contributed by atoms with E-state index < -0.39 is 0 Å². The molecule has 0 radical (unpaired) electrons. The Kier molecular flexibility index (Phi) is 2.59. The van der Waals surface area contributed by atoms with Crippen molar-refractivity contribution in [1.82, 2.24) is 0 Å². The lowest BCUT2D eigenvalue weighted by atomic mass is 9.87. The molecule has 15 heavy (non-hydrogen) atoms. The number of carbonyl (C=O) groups excluding carboxylic acids is 1. The molecule has 1 unspecified atom stereocenters. The molecule has 1 aliphatic rings. The molecule has 1 nitrogen and oxygen atoms in total. The molecule has 1 aliphatic carbocycles. The molecule has 1 saturated carbocycles. The molecule has 0 saturated heterocycles. The Balaban J connectivity index is 2.27. The van der Waals surface area contributed by atoms with Crippen molar-refractivity contribution < 1.29 is 4.79 Å². The summed E-state index contributed by atoms with van der Waals surface area (Å²) in [5.41, 5.74) is 0.958. The van der Waals surface area contributed by atoms with Gasteiger partial charge in [0.2, 0.25) is 0 Å². The van der Waals surface area contributed by atoms with Gasteiger partial charge in [0, 0.05) is 16.4 Å². The van der Waals surface area contributed by atoms with E-state index in [-0.39, 0.29) is 11.3 Å². The molecule has 1 fully saturated rings. The van der Waals surface area contributed by atoms with Gasteiger partial charge < -0.3 is 0 Å². The number of ketones is 1. The van der Waals surface area contributed by atoms with Crippen LogP contribution in [0.25, 0.3) is 0 Å². The lowest BCUT2D eigenvalue weighted by Gasteiger charge is -2.16. The highest BCUT2D eigenvalue weighted by Crippen LogP contribution is 2.42. The van der Waals surface area contributed by atoms with Crippen molar-refractivity contribution in [2.24, 2.45) is 5.41 Å². The highest BCUT2D eigenvalue weighted by molar-refractivity contribution is 6.30. The summed E-state index contributed by atoms with van der Waals surface area (Å²) in [5.74, 6) is 0.446. The molecule has 0 heterocycles. The number of rotatable bonds is 1. The average molecular weight is 223 g/mol.